The molecule has 0 aliphatic carbocycles. The van der Waals surface area contributed by atoms with Crippen LogP contribution in [0.15, 0.2) is 48.5 Å². The smallest absolute Gasteiger partial charge is 0.337 e. The number of esters is 2. The maximum atomic E-state index is 12.1. The predicted molar refractivity (Wildman–Crippen MR) is 100 cm³/mol. The van der Waals surface area contributed by atoms with Crippen molar-refractivity contribution in [3.05, 3.63) is 65.2 Å². The number of methoxy groups -OCH3 is 2. The number of ether oxygens (including phenoxy) is 2. The molecule has 1 amide bonds. The van der Waals surface area contributed by atoms with Crippen molar-refractivity contribution in [1.82, 2.24) is 0 Å². The van der Waals surface area contributed by atoms with Crippen LogP contribution in [-0.2, 0) is 20.0 Å². The fourth-order valence-electron chi connectivity index (χ4n) is 2.20. The van der Waals surface area contributed by atoms with Crippen molar-refractivity contribution in [2.75, 3.05) is 25.3 Å². The highest BCUT2D eigenvalue weighted by Gasteiger charge is 2.15. The van der Waals surface area contributed by atoms with Gasteiger partial charge in [-0.3, -0.25) is 4.79 Å². The van der Waals surface area contributed by atoms with E-state index in [1.165, 1.54) is 44.2 Å². The van der Waals surface area contributed by atoms with E-state index in [9.17, 15) is 14.4 Å². The van der Waals surface area contributed by atoms with Crippen LogP contribution in [-0.4, -0.2) is 37.8 Å². The first kappa shape index (κ1) is 19.5. The molecule has 0 spiro atoms. The highest BCUT2D eigenvalue weighted by molar-refractivity contribution is 7.99. The third-order valence-corrected chi connectivity index (χ3v) is 4.41. The average molecular weight is 373 g/mol. The van der Waals surface area contributed by atoms with E-state index < -0.39 is 11.9 Å². The molecule has 7 heteroatoms. The van der Waals surface area contributed by atoms with Crippen LogP contribution in [0.2, 0.25) is 0 Å². The number of rotatable bonds is 7. The van der Waals surface area contributed by atoms with Gasteiger partial charge in [0.1, 0.15) is 0 Å². The lowest BCUT2D eigenvalue weighted by Crippen LogP contribution is -2.16. The summed E-state index contributed by atoms with van der Waals surface area (Å²) in [6.07, 6.45) is 0. The van der Waals surface area contributed by atoms with Crippen molar-refractivity contribution in [3.8, 4) is 0 Å². The Morgan fingerprint density at radius 3 is 2.04 bits per heavy atom. The van der Waals surface area contributed by atoms with Gasteiger partial charge in [0.15, 0.2) is 0 Å². The zero-order valence-electron chi connectivity index (χ0n) is 14.5. The molecule has 136 valence electrons. The number of thioether (sulfide) groups is 1. The van der Waals surface area contributed by atoms with Crippen LogP contribution in [0.5, 0.6) is 0 Å². The summed E-state index contributed by atoms with van der Waals surface area (Å²) in [5.74, 6) is -0.493. The molecule has 1 N–H and O–H groups in total. The first-order chi connectivity index (χ1) is 12.5. The van der Waals surface area contributed by atoms with E-state index in [-0.39, 0.29) is 22.8 Å². The lowest BCUT2D eigenvalue weighted by Gasteiger charge is -2.09. The number of benzene rings is 2. The monoisotopic (exact) mass is 373 g/mol. The summed E-state index contributed by atoms with van der Waals surface area (Å²) in [4.78, 5) is 35.6. The van der Waals surface area contributed by atoms with Gasteiger partial charge >= 0.3 is 11.9 Å². The Morgan fingerprint density at radius 2 is 1.50 bits per heavy atom. The maximum Gasteiger partial charge on any atom is 0.337 e. The van der Waals surface area contributed by atoms with Crippen LogP contribution in [0.4, 0.5) is 5.69 Å². The van der Waals surface area contributed by atoms with E-state index >= 15 is 0 Å². The number of amides is 1. The number of hydrogen-bond acceptors (Lipinski definition) is 6. The standard InChI is InChI=1S/C19H19NO5S/c1-24-18(22)14-8-15(19(23)25-2)10-16(9-14)20-17(21)12-26-11-13-6-4-3-5-7-13/h3-10H,11-12H2,1-2H3,(H,20,21). The van der Waals surface area contributed by atoms with E-state index in [2.05, 4.69) is 14.8 Å². The minimum absolute atomic E-state index is 0.155. The van der Waals surface area contributed by atoms with Crippen LogP contribution in [0, 0.1) is 0 Å². The Bertz CT molecular complexity index is 758. The number of hydrogen-bond donors (Lipinski definition) is 1. The summed E-state index contributed by atoms with van der Waals surface area (Å²) < 4.78 is 9.34. The van der Waals surface area contributed by atoms with Gasteiger partial charge in [-0.25, -0.2) is 9.59 Å². The Hall–Kier alpha value is -2.80. The van der Waals surface area contributed by atoms with Crippen molar-refractivity contribution < 1.29 is 23.9 Å². The number of carbonyl (C=O) groups excluding carboxylic acids is 3. The molecule has 0 atom stereocenters. The molecule has 0 radical (unpaired) electrons. The van der Waals surface area contributed by atoms with E-state index in [1.807, 2.05) is 30.3 Å². The summed E-state index contributed by atoms with van der Waals surface area (Å²) in [5, 5.41) is 2.69. The molecule has 2 aromatic carbocycles. The molecule has 6 nitrogen and oxygen atoms in total. The van der Waals surface area contributed by atoms with Gasteiger partial charge in [0.2, 0.25) is 5.91 Å². The first-order valence-corrected chi connectivity index (χ1v) is 8.92. The molecule has 2 rings (SSSR count). The zero-order chi connectivity index (χ0) is 18.9. The quantitative estimate of drug-likeness (QED) is 0.751. The normalized spacial score (nSPS) is 10.1. The SMILES string of the molecule is COC(=O)c1cc(NC(=O)CSCc2ccccc2)cc(C(=O)OC)c1. The maximum absolute atomic E-state index is 12.1. The molecule has 0 aliphatic rings. The van der Waals surface area contributed by atoms with Crippen molar-refractivity contribution in [1.29, 1.82) is 0 Å². The molecule has 0 fully saturated rings. The second-order valence-corrected chi connectivity index (χ2v) is 6.29. The molecule has 0 aromatic heterocycles. The lowest BCUT2D eigenvalue weighted by atomic mass is 10.1. The lowest BCUT2D eigenvalue weighted by molar-refractivity contribution is -0.113. The fourth-order valence-corrected chi connectivity index (χ4v) is 2.99. The molecule has 2 aromatic rings. The van der Waals surface area contributed by atoms with Gasteiger partial charge in [-0.1, -0.05) is 30.3 Å². The van der Waals surface area contributed by atoms with Crippen LogP contribution >= 0.6 is 11.8 Å². The van der Waals surface area contributed by atoms with E-state index in [0.717, 1.165) is 5.56 Å². The third-order valence-electron chi connectivity index (χ3n) is 3.40. The van der Waals surface area contributed by atoms with Crippen molar-refractivity contribution in [3.63, 3.8) is 0 Å². The summed E-state index contributed by atoms with van der Waals surface area (Å²) in [6, 6.07) is 14.1. The predicted octanol–water partition coefficient (Wildman–Crippen LogP) is 3.13. The molecule has 0 heterocycles. The van der Waals surface area contributed by atoms with Gasteiger partial charge in [-0.05, 0) is 23.8 Å². The molecule has 26 heavy (non-hydrogen) atoms. The second kappa shape index (κ2) is 9.62. The molecule has 0 unspecified atom stereocenters. The summed E-state index contributed by atoms with van der Waals surface area (Å²) in [5.41, 5.74) is 1.77. The van der Waals surface area contributed by atoms with Crippen LogP contribution in [0.25, 0.3) is 0 Å². The van der Waals surface area contributed by atoms with Gasteiger partial charge in [0.25, 0.3) is 0 Å². The number of carbonyl (C=O) groups is 3. The van der Waals surface area contributed by atoms with Gasteiger partial charge in [0.05, 0.1) is 31.1 Å². The van der Waals surface area contributed by atoms with Crippen molar-refractivity contribution in [2.24, 2.45) is 0 Å². The van der Waals surface area contributed by atoms with Gasteiger partial charge in [-0.2, -0.15) is 0 Å². The van der Waals surface area contributed by atoms with Crippen molar-refractivity contribution in [2.45, 2.75) is 5.75 Å². The molecule has 0 aliphatic heterocycles. The summed E-state index contributed by atoms with van der Waals surface area (Å²) >= 11 is 1.47. The van der Waals surface area contributed by atoms with Gasteiger partial charge < -0.3 is 14.8 Å². The largest absolute Gasteiger partial charge is 0.465 e. The first-order valence-electron chi connectivity index (χ1n) is 7.76. The molecular weight excluding hydrogens is 354 g/mol. The Labute approximate surface area is 155 Å². The summed E-state index contributed by atoms with van der Waals surface area (Å²) in [6.45, 7) is 0. The molecule has 0 saturated carbocycles. The molecule has 0 bridgehead atoms. The topological polar surface area (TPSA) is 81.7 Å². The van der Waals surface area contributed by atoms with Crippen LogP contribution < -0.4 is 5.32 Å². The van der Waals surface area contributed by atoms with Crippen LogP contribution in [0.3, 0.4) is 0 Å². The van der Waals surface area contributed by atoms with Crippen molar-refractivity contribution >= 4 is 35.3 Å². The van der Waals surface area contributed by atoms with Crippen LogP contribution in [0.1, 0.15) is 26.3 Å². The second-order valence-electron chi connectivity index (χ2n) is 5.31. The number of nitrogens with one attached hydrogen (secondary N) is 1. The van der Waals surface area contributed by atoms with E-state index in [0.29, 0.717) is 11.4 Å². The van der Waals surface area contributed by atoms with E-state index in [4.69, 9.17) is 0 Å². The number of anilines is 1. The Balaban J connectivity index is 2.03. The molecular formula is C19H19NO5S. The zero-order valence-corrected chi connectivity index (χ0v) is 15.3. The Kier molecular flexibility index (Phi) is 7.23. The Morgan fingerprint density at radius 1 is 0.923 bits per heavy atom. The van der Waals surface area contributed by atoms with Gasteiger partial charge in [0, 0.05) is 11.4 Å². The molecule has 0 saturated heterocycles. The minimum atomic E-state index is -0.607. The average Bonchev–Trinajstić information content (AvgIpc) is 2.67. The fraction of sp³-hybridized carbons (Fsp3) is 0.211. The van der Waals surface area contributed by atoms with Gasteiger partial charge in [-0.15, -0.1) is 11.8 Å². The highest BCUT2D eigenvalue weighted by Crippen LogP contribution is 2.18. The summed E-state index contributed by atoms with van der Waals surface area (Å²) in [7, 11) is 2.48. The third kappa shape index (κ3) is 5.63. The highest BCUT2D eigenvalue weighted by atomic mass is 32.2. The van der Waals surface area contributed by atoms with E-state index in [1.54, 1.807) is 0 Å². The minimum Gasteiger partial charge on any atom is -0.465 e.